The van der Waals surface area contributed by atoms with Crippen molar-refractivity contribution in [3.63, 3.8) is 0 Å². The molecule has 0 radical (unpaired) electrons. The average molecular weight is 529 g/mol. The lowest BCUT2D eigenvalue weighted by Gasteiger charge is -2.29. The minimum Gasteiger partial charge on any atom is -0.333 e. The Morgan fingerprint density at radius 2 is 1.93 bits per heavy atom. The van der Waals surface area contributed by atoms with Crippen molar-refractivity contribution < 1.29 is 26.7 Å². The van der Waals surface area contributed by atoms with Gasteiger partial charge in [-0.25, -0.2) is 8.78 Å². The fourth-order valence-electron chi connectivity index (χ4n) is 3.13. The summed E-state index contributed by atoms with van der Waals surface area (Å²) in [6.07, 6.45) is -4.54. The fraction of sp³-hybridized carbons (Fsp3) is 0.412. The second kappa shape index (κ2) is 8.42. The van der Waals surface area contributed by atoms with Crippen molar-refractivity contribution in [3.8, 4) is 0 Å². The van der Waals surface area contributed by atoms with Crippen molar-refractivity contribution in [3.05, 3.63) is 44.5 Å². The molecule has 0 aliphatic carbocycles. The van der Waals surface area contributed by atoms with E-state index in [9.17, 15) is 26.7 Å². The summed E-state index contributed by atoms with van der Waals surface area (Å²) in [4.78, 5) is 13.9. The smallest absolute Gasteiger partial charge is 0.333 e. The highest BCUT2D eigenvalue weighted by molar-refractivity contribution is 14.2. The Balaban J connectivity index is 1.65. The molecule has 2 aromatic rings. The molecule has 0 saturated heterocycles. The summed E-state index contributed by atoms with van der Waals surface area (Å²) in [5.41, 5.74) is 6.54. The first-order chi connectivity index (χ1) is 13.6. The van der Waals surface area contributed by atoms with Gasteiger partial charge in [0.05, 0.1) is 6.54 Å². The molecule has 1 amide bonds. The van der Waals surface area contributed by atoms with Crippen LogP contribution < -0.4 is 5.73 Å². The molecule has 1 aromatic carbocycles. The Bertz CT molecular complexity index is 945. The molecule has 158 valence electrons. The summed E-state index contributed by atoms with van der Waals surface area (Å²) in [5.74, 6) is -3.33. The van der Waals surface area contributed by atoms with Crippen LogP contribution in [0.2, 0.25) is 0 Å². The van der Waals surface area contributed by atoms with Crippen LogP contribution in [0.15, 0.2) is 12.1 Å². The number of hydrogen-bond acceptors (Lipinski definition) is 4. The van der Waals surface area contributed by atoms with Gasteiger partial charge in [-0.1, -0.05) is 25.2 Å². The van der Waals surface area contributed by atoms with Crippen LogP contribution in [-0.2, 0) is 30.5 Å². The number of amides is 1. The SMILES string of the molecule is C=Ic1cc(F)c(F)cc1C[C@@H](N)CC(=O)N1CCn2c(nnc2C(F)(F)F)C1. The molecule has 29 heavy (non-hydrogen) atoms. The zero-order valence-corrected chi connectivity index (χ0v) is 17.2. The van der Waals surface area contributed by atoms with Crippen molar-refractivity contribution >= 4 is 31.2 Å². The van der Waals surface area contributed by atoms with Gasteiger partial charge in [-0.05, 0) is 24.1 Å². The van der Waals surface area contributed by atoms with Crippen molar-refractivity contribution in [1.82, 2.24) is 19.7 Å². The highest BCUT2D eigenvalue weighted by Crippen LogP contribution is 2.29. The Morgan fingerprint density at radius 3 is 2.59 bits per heavy atom. The first kappa shape index (κ1) is 21.7. The fourth-order valence-corrected chi connectivity index (χ4v) is 4.49. The zero-order valence-electron chi connectivity index (χ0n) is 15.0. The molecular formula is C17H17F5IN5O. The van der Waals surface area contributed by atoms with E-state index < -0.39 is 50.4 Å². The molecule has 0 fully saturated rings. The first-order valence-electron chi connectivity index (χ1n) is 8.49. The molecule has 0 bridgehead atoms. The number of nitrogens with two attached hydrogens (primary N) is 1. The summed E-state index contributed by atoms with van der Waals surface area (Å²) in [6, 6.07) is 1.52. The Kier molecular flexibility index (Phi) is 6.31. The molecule has 2 heterocycles. The predicted molar refractivity (Wildman–Crippen MR) is 103 cm³/mol. The number of fused-ring (bicyclic) bond motifs is 1. The van der Waals surface area contributed by atoms with E-state index in [1.165, 1.54) is 4.90 Å². The van der Waals surface area contributed by atoms with E-state index in [-0.39, 0.29) is 44.2 Å². The van der Waals surface area contributed by atoms with E-state index in [0.717, 1.165) is 16.7 Å². The molecule has 2 N–H and O–H groups in total. The number of rotatable bonds is 5. The van der Waals surface area contributed by atoms with Crippen molar-refractivity contribution in [2.45, 2.75) is 38.1 Å². The van der Waals surface area contributed by atoms with Crippen LogP contribution in [0.4, 0.5) is 22.0 Å². The summed E-state index contributed by atoms with van der Waals surface area (Å²) >= 11 is -0.762. The molecule has 0 unspecified atom stereocenters. The van der Waals surface area contributed by atoms with Gasteiger partial charge in [0, 0.05) is 29.1 Å². The Hall–Kier alpha value is -1.96. The number of halogens is 6. The molecule has 1 aliphatic heterocycles. The van der Waals surface area contributed by atoms with Gasteiger partial charge >= 0.3 is 6.18 Å². The molecule has 1 atom stereocenters. The third-order valence-corrected chi connectivity index (χ3v) is 6.34. The van der Waals surface area contributed by atoms with Crippen molar-refractivity contribution in [2.24, 2.45) is 5.73 Å². The molecular weight excluding hydrogens is 512 g/mol. The van der Waals surface area contributed by atoms with Crippen molar-refractivity contribution in [2.75, 3.05) is 6.54 Å². The van der Waals surface area contributed by atoms with E-state index in [1.54, 1.807) is 0 Å². The van der Waals surface area contributed by atoms with Crippen LogP contribution in [0.25, 0.3) is 0 Å². The van der Waals surface area contributed by atoms with Crippen molar-refractivity contribution in [1.29, 1.82) is 0 Å². The van der Waals surface area contributed by atoms with Gasteiger partial charge in [-0.2, -0.15) is 13.2 Å². The number of carbonyl (C=O) groups is 1. The highest BCUT2D eigenvalue weighted by Gasteiger charge is 2.39. The van der Waals surface area contributed by atoms with E-state index in [2.05, 4.69) is 14.7 Å². The number of alkyl halides is 3. The second-order valence-corrected chi connectivity index (χ2v) is 8.49. The minimum absolute atomic E-state index is 0.0511. The lowest BCUT2D eigenvalue weighted by atomic mass is 10.0. The molecule has 0 saturated carbocycles. The zero-order chi connectivity index (χ0) is 21.3. The number of carbonyl (C=O) groups excluding carboxylic acids is 1. The maximum atomic E-state index is 13.5. The third kappa shape index (κ3) is 4.79. The number of aromatic nitrogens is 3. The van der Waals surface area contributed by atoms with E-state index in [0.29, 0.717) is 9.13 Å². The van der Waals surface area contributed by atoms with Crippen LogP contribution in [-0.4, -0.2) is 42.7 Å². The van der Waals surface area contributed by atoms with Gasteiger partial charge in [-0.3, -0.25) is 4.79 Å². The minimum atomic E-state index is -4.61. The van der Waals surface area contributed by atoms with Crippen LogP contribution in [0, 0.1) is 15.2 Å². The first-order valence-corrected chi connectivity index (χ1v) is 11.1. The summed E-state index contributed by atoms with van der Waals surface area (Å²) in [5, 5.41) is 6.70. The van der Waals surface area contributed by atoms with Crippen LogP contribution in [0.1, 0.15) is 23.6 Å². The Labute approximate surface area is 172 Å². The monoisotopic (exact) mass is 529 g/mol. The molecule has 12 heteroatoms. The van der Waals surface area contributed by atoms with E-state index >= 15 is 0 Å². The predicted octanol–water partition coefficient (Wildman–Crippen LogP) is 2.45. The van der Waals surface area contributed by atoms with Crippen LogP contribution >= 0.6 is 20.7 Å². The third-order valence-electron chi connectivity index (χ3n) is 4.51. The highest BCUT2D eigenvalue weighted by atomic mass is 127. The quantitative estimate of drug-likeness (QED) is 0.367. The molecule has 0 spiro atoms. The maximum absolute atomic E-state index is 13.5. The molecule has 1 aromatic heterocycles. The molecule has 3 rings (SSSR count). The second-order valence-electron chi connectivity index (χ2n) is 6.56. The average Bonchev–Trinajstić information content (AvgIpc) is 3.08. The standard InChI is InChI=1S/C17H17F5IN5O/c1-23-13-7-12(19)11(18)5-9(13)4-10(24)6-15(29)27-2-3-28-14(8-27)25-26-16(28)17(20,21)22/h5,7,10H,1-4,6,8,24H2/t10-/m1/s1. The number of benzene rings is 1. The van der Waals surface area contributed by atoms with Crippen LogP contribution in [0.3, 0.4) is 0 Å². The molecule has 1 aliphatic rings. The van der Waals surface area contributed by atoms with Gasteiger partial charge < -0.3 is 15.2 Å². The normalized spacial score (nSPS) is 15.3. The Morgan fingerprint density at radius 1 is 1.24 bits per heavy atom. The van der Waals surface area contributed by atoms with Gasteiger partial charge in [0.15, 0.2) is 17.5 Å². The van der Waals surface area contributed by atoms with Gasteiger partial charge in [-0.15, -0.1) is 10.2 Å². The van der Waals surface area contributed by atoms with Gasteiger partial charge in [0.25, 0.3) is 0 Å². The lowest BCUT2D eigenvalue weighted by Crippen LogP contribution is -2.42. The van der Waals surface area contributed by atoms with Gasteiger partial charge in [0.1, 0.15) is 0 Å². The number of hydrogen-bond donors (Lipinski definition) is 1. The number of nitrogens with zero attached hydrogens (tertiary/aromatic N) is 4. The molecule has 6 nitrogen and oxygen atoms in total. The van der Waals surface area contributed by atoms with E-state index in [1.807, 2.05) is 0 Å². The van der Waals surface area contributed by atoms with Gasteiger partial charge in [0.2, 0.25) is 11.7 Å². The largest absolute Gasteiger partial charge is 0.451 e. The van der Waals surface area contributed by atoms with Crippen LogP contribution in [0.5, 0.6) is 0 Å². The summed E-state index contributed by atoms with van der Waals surface area (Å²) < 4.78 is 70.9. The summed E-state index contributed by atoms with van der Waals surface area (Å²) in [7, 11) is 0. The maximum Gasteiger partial charge on any atom is 0.451 e. The lowest BCUT2D eigenvalue weighted by molar-refractivity contribution is -0.148. The summed E-state index contributed by atoms with van der Waals surface area (Å²) in [6.45, 7) is -0.104. The van der Waals surface area contributed by atoms with E-state index in [4.69, 9.17) is 5.73 Å². The topological polar surface area (TPSA) is 77.0 Å².